The molecular weight excluding hydrogens is 302 g/mol. The Morgan fingerprint density at radius 1 is 0.842 bits per heavy atom. The molecule has 94 valence electrons. The van der Waals surface area contributed by atoms with E-state index in [4.69, 9.17) is 10.5 Å². The van der Waals surface area contributed by atoms with E-state index in [-0.39, 0.29) is 0 Å². The van der Waals surface area contributed by atoms with Crippen molar-refractivity contribution in [1.29, 1.82) is 0 Å². The van der Waals surface area contributed by atoms with Crippen molar-refractivity contribution < 1.29 is 4.74 Å². The molecule has 0 aliphatic heterocycles. The first kappa shape index (κ1) is 12.1. The van der Waals surface area contributed by atoms with E-state index in [1.807, 2.05) is 42.5 Å². The van der Waals surface area contributed by atoms with E-state index >= 15 is 0 Å². The van der Waals surface area contributed by atoms with Crippen LogP contribution in [0.15, 0.2) is 65.1 Å². The van der Waals surface area contributed by atoms with Crippen LogP contribution in [0.2, 0.25) is 0 Å². The number of hydrogen-bond donors (Lipinski definition) is 1. The highest BCUT2D eigenvalue weighted by atomic mass is 79.9. The van der Waals surface area contributed by atoms with Crippen molar-refractivity contribution in [2.45, 2.75) is 0 Å². The molecule has 0 unspecified atom stereocenters. The molecule has 3 aromatic rings. The Morgan fingerprint density at radius 3 is 2.47 bits per heavy atom. The van der Waals surface area contributed by atoms with Gasteiger partial charge in [-0.15, -0.1) is 0 Å². The molecule has 3 rings (SSSR count). The lowest BCUT2D eigenvalue weighted by atomic mass is 10.1. The van der Waals surface area contributed by atoms with Gasteiger partial charge < -0.3 is 10.5 Å². The fourth-order valence-electron chi connectivity index (χ4n) is 2.00. The number of benzene rings is 3. The molecule has 0 heterocycles. The SMILES string of the molecule is Nc1ccc(Oc2cccc3ccccc23)c(Br)c1. The molecular formula is C16H12BrNO. The Morgan fingerprint density at radius 2 is 1.63 bits per heavy atom. The summed E-state index contributed by atoms with van der Waals surface area (Å²) in [5, 5.41) is 2.25. The van der Waals surface area contributed by atoms with Crippen LogP contribution in [0.25, 0.3) is 10.8 Å². The fraction of sp³-hybridized carbons (Fsp3) is 0. The van der Waals surface area contributed by atoms with Crippen LogP contribution in [0.1, 0.15) is 0 Å². The maximum atomic E-state index is 5.97. The van der Waals surface area contributed by atoms with Gasteiger partial charge in [-0.3, -0.25) is 0 Å². The molecule has 0 radical (unpaired) electrons. The second-order valence-corrected chi connectivity index (χ2v) is 5.12. The van der Waals surface area contributed by atoms with Crippen molar-refractivity contribution in [3.05, 3.63) is 65.1 Å². The molecule has 3 aromatic carbocycles. The highest BCUT2D eigenvalue weighted by molar-refractivity contribution is 9.10. The zero-order valence-corrected chi connectivity index (χ0v) is 11.7. The molecule has 0 aliphatic rings. The number of rotatable bonds is 2. The second-order valence-electron chi connectivity index (χ2n) is 4.27. The third-order valence-corrected chi connectivity index (χ3v) is 3.55. The van der Waals surface area contributed by atoms with E-state index in [1.165, 1.54) is 0 Å². The van der Waals surface area contributed by atoms with Crippen LogP contribution in [0, 0.1) is 0 Å². The van der Waals surface area contributed by atoms with Gasteiger partial charge in [0.1, 0.15) is 11.5 Å². The molecule has 0 aromatic heterocycles. The molecule has 3 heteroatoms. The van der Waals surface area contributed by atoms with Gasteiger partial charge in [-0.1, -0.05) is 36.4 Å². The van der Waals surface area contributed by atoms with E-state index in [2.05, 4.69) is 34.1 Å². The molecule has 0 saturated heterocycles. The first-order chi connectivity index (χ1) is 9.24. The van der Waals surface area contributed by atoms with Crippen LogP contribution < -0.4 is 10.5 Å². The Balaban J connectivity index is 2.06. The maximum Gasteiger partial charge on any atom is 0.141 e. The Bertz CT molecular complexity index is 734. The number of hydrogen-bond acceptors (Lipinski definition) is 2. The van der Waals surface area contributed by atoms with Gasteiger partial charge in [-0.2, -0.15) is 0 Å². The lowest BCUT2D eigenvalue weighted by Gasteiger charge is -2.10. The summed E-state index contributed by atoms with van der Waals surface area (Å²) >= 11 is 3.46. The van der Waals surface area contributed by atoms with E-state index in [0.717, 1.165) is 26.7 Å². The monoisotopic (exact) mass is 313 g/mol. The number of fused-ring (bicyclic) bond motifs is 1. The summed E-state index contributed by atoms with van der Waals surface area (Å²) < 4.78 is 6.82. The number of ether oxygens (including phenoxy) is 1. The molecule has 0 fully saturated rings. The first-order valence-electron chi connectivity index (χ1n) is 5.95. The smallest absolute Gasteiger partial charge is 0.141 e. The number of nitrogens with two attached hydrogens (primary N) is 1. The van der Waals surface area contributed by atoms with Crippen LogP contribution in [0.3, 0.4) is 0 Å². The minimum Gasteiger partial charge on any atom is -0.456 e. The average molecular weight is 314 g/mol. The number of nitrogen functional groups attached to an aromatic ring is 1. The van der Waals surface area contributed by atoms with Crippen LogP contribution in [-0.4, -0.2) is 0 Å². The summed E-state index contributed by atoms with van der Waals surface area (Å²) in [6.07, 6.45) is 0. The highest BCUT2D eigenvalue weighted by Gasteiger charge is 2.06. The third kappa shape index (κ3) is 2.42. The molecule has 0 amide bonds. The van der Waals surface area contributed by atoms with Crippen molar-refractivity contribution in [2.24, 2.45) is 0 Å². The van der Waals surface area contributed by atoms with Crippen LogP contribution in [-0.2, 0) is 0 Å². The molecule has 0 saturated carbocycles. The van der Waals surface area contributed by atoms with Gasteiger partial charge >= 0.3 is 0 Å². The van der Waals surface area contributed by atoms with Gasteiger partial charge in [0, 0.05) is 11.1 Å². The maximum absolute atomic E-state index is 5.97. The lowest BCUT2D eigenvalue weighted by molar-refractivity contribution is 0.485. The Hall–Kier alpha value is -2.00. The predicted molar refractivity (Wildman–Crippen MR) is 82.6 cm³/mol. The van der Waals surface area contributed by atoms with E-state index < -0.39 is 0 Å². The quantitative estimate of drug-likeness (QED) is 0.677. The minimum absolute atomic E-state index is 0.706. The summed E-state index contributed by atoms with van der Waals surface area (Å²) in [5.74, 6) is 1.59. The van der Waals surface area contributed by atoms with Gasteiger partial charge in [0.15, 0.2) is 0 Å². The molecule has 19 heavy (non-hydrogen) atoms. The largest absolute Gasteiger partial charge is 0.456 e. The number of anilines is 1. The topological polar surface area (TPSA) is 35.2 Å². The van der Waals surface area contributed by atoms with Crippen molar-refractivity contribution >= 4 is 32.4 Å². The van der Waals surface area contributed by atoms with E-state index in [1.54, 1.807) is 0 Å². The van der Waals surface area contributed by atoms with Crippen LogP contribution >= 0.6 is 15.9 Å². The number of halogens is 1. The van der Waals surface area contributed by atoms with Gasteiger partial charge in [0.2, 0.25) is 0 Å². The molecule has 0 atom stereocenters. The van der Waals surface area contributed by atoms with Crippen LogP contribution in [0.4, 0.5) is 5.69 Å². The van der Waals surface area contributed by atoms with Crippen LogP contribution in [0.5, 0.6) is 11.5 Å². The molecule has 2 N–H and O–H groups in total. The Kier molecular flexibility index (Phi) is 3.13. The van der Waals surface area contributed by atoms with E-state index in [9.17, 15) is 0 Å². The van der Waals surface area contributed by atoms with Crippen molar-refractivity contribution in [1.82, 2.24) is 0 Å². The van der Waals surface area contributed by atoms with Crippen molar-refractivity contribution in [3.8, 4) is 11.5 Å². The second kappa shape index (κ2) is 4.94. The first-order valence-corrected chi connectivity index (χ1v) is 6.74. The summed E-state index contributed by atoms with van der Waals surface area (Å²) in [6, 6.07) is 19.7. The zero-order valence-electron chi connectivity index (χ0n) is 10.1. The summed E-state index contributed by atoms with van der Waals surface area (Å²) in [5.41, 5.74) is 6.43. The van der Waals surface area contributed by atoms with Crippen molar-refractivity contribution in [3.63, 3.8) is 0 Å². The van der Waals surface area contributed by atoms with Gasteiger partial charge in [-0.05, 0) is 45.6 Å². The lowest BCUT2D eigenvalue weighted by Crippen LogP contribution is -1.89. The van der Waals surface area contributed by atoms with Crippen molar-refractivity contribution in [2.75, 3.05) is 5.73 Å². The molecule has 0 bridgehead atoms. The zero-order chi connectivity index (χ0) is 13.2. The summed E-state index contributed by atoms with van der Waals surface area (Å²) in [6.45, 7) is 0. The highest BCUT2D eigenvalue weighted by Crippen LogP contribution is 2.34. The standard InChI is InChI=1S/C16H12BrNO/c17-14-10-12(18)8-9-16(14)19-15-7-3-5-11-4-1-2-6-13(11)15/h1-10H,18H2. The summed E-state index contributed by atoms with van der Waals surface area (Å²) in [7, 11) is 0. The minimum atomic E-state index is 0.706. The van der Waals surface area contributed by atoms with E-state index in [0.29, 0.717) is 5.69 Å². The molecule has 2 nitrogen and oxygen atoms in total. The molecule has 0 aliphatic carbocycles. The van der Waals surface area contributed by atoms with Gasteiger partial charge in [-0.25, -0.2) is 0 Å². The fourth-order valence-corrected chi connectivity index (χ4v) is 2.48. The molecule has 0 spiro atoms. The van der Waals surface area contributed by atoms with Gasteiger partial charge in [0.05, 0.1) is 4.47 Å². The predicted octanol–water partition coefficient (Wildman–Crippen LogP) is 4.98. The Labute approximate surface area is 119 Å². The average Bonchev–Trinajstić information content (AvgIpc) is 2.42. The third-order valence-electron chi connectivity index (χ3n) is 2.93. The summed E-state index contributed by atoms with van der Waals surface area (Å²) in [4.78, 5) is 0. The normalized spacial score (nSPS) is 10.6. The van der Waals surface area contributed by atoms with Gasteiger partial charge in [0.25, 0.3) is 0 Å².